The molecule has 1 N–H and O–H groups in total. The van der Waals surface area contributed by atoms with E-state index in [0.717, 1.165) is 0 Å². The van der Waals surface area contributed by atoms with Crippen LogP contribution in [0, 0.1) is 0 Å². The maximum Gasteiger partial charge on any atom is 0.149 e. The third-order valence-electron chi connectivity index (χ3n) is 1.41. The number of hydrogen-bond donors (Lipinski definition) is 1. The first-order valence-corrected chi connectivity index (χ1v) is 6.72. The van der Waals surface area contributed by atoms with Gasteiger partial charge in [-0.05, 0) is 15.9 Å². The monoisotopic (exact) mass is 279 g/mol. The van der Waals surface area contributed by atoms with Crippen molar-refractivity contribution in [3.8, 4) is 0 Å². The lowest BCUT2D eigenvalue weighted by Crippen LogP contribution is -2.14. The Morgan fingerprint density at radius 3 is 2.79 bits per heavy atom. The second-order valence-electron chi connectivity index (χ2n) is 2.78. The molecule has 0 aliphatic heterocycles. The van der Waals surface area contributed by atoms with Crippen molar-refractivity contribution in [1.82, 2.24) is 9.97 Å². The Kier molecular flexibility index (Phi) is 3.82. The Morgan fingerprint density at radius 2 is 2.21 bits per heavy atom. The van der Waals surface area contributed by atoms with E-state index in [1.165, 1.54) is 12.6 Å². The van der Waals surface area contributed by atoms with Gasteiger partial charge in [-0.2, -0.15) is 0 Å². The lowest BCUT2D eigenvalue weighted by Gasteiger charge is -2.03. The summed E-state index contributed by atoms with van der Waals surface area (Å²) in [5, 5.41) is 2.88. The van der Waals surface area contributed by atoms with Crippen molar-refractivity contribution in [2.75, 3.05) is 23.9 Å². The molecule has 0 aliphatic carbocycles. The molecule has 0 amide bonds. The van der Waals surface area contributed by atoms with Gasteiger partial charge in [0, 0.05) is 18.9 Å². The van der Waals surface area contributed by atoms with Crippen LogP contribution in [0.15, 0.2) is 17.0 Å². The summed E-state index contributed by atoms with van der Waals surface area (Å²) in [5.41, 5.74) is 0. The van der Waals surface area contributed by atoms with Crippen molar-refractivity contribution in [2.24, 2.45) is 0 Å². The third kappa shape index (κ3) is 4.52. The SMILES string of the molecule is CS(=O)(=O)CCNc1cc(Br)ncn1. The number of hydrogen-bond acceptors (Lipinski definition) is 5. The molecule has 0 saturated carbocycles. The van der Waals surface area contributed by atoms with E-state index < -0.39 is 9.84 Å². The summed E-state index contributed by atoms with van der Waals surface area (Å²) in [6, 6.07) is 1.68. The molecule has 0 unspecified atom stereocenters. The normalized spacial score (nSPS) is 11.3. The first-order valence-electron chi connectivity index (χ1n) is 3.86. The molecule has 0 atom stereocenters. The lowest BCUT2D eigenvalue weighted by molar-refractivity contribution is 0.602. The summed E-state index contributed by atoms with van der Waals surface area (Å²) in [6.07, 6.45) is 2.59. The Bertz CT molecular complexity index is 407. The Balaban J connectivity index is 2.47. The van der Waals surface area contributed by atoms with Crippen LogP contribution in [0.4, 0.5) is 5.82 Å². The predicted molar refractivity (Wildman–Crippen MR) is 57.9 cm³/mol. The molecule has 7 heteroatoms. The van der Waals surface area contributed by atoms with E-state index in [4.69, 9.17) is 0 Å². The van der Waals surface area contributed by atoms with Crippen molar-refractivity contribution in [3.63, 3.8) is 0 Å². The van der Waals surface area contributed by atoms with Gasteiger partial charge in [0.05, 0.1) is 5.75 Å². The molecule has 0 bridgehead atoms. The van der Waals surface area contributed by atoms with E-state index >= 15 is 0 Å². The standard InChI is InChI=1S/C7H10BrN3O2S/c1-14(12,13)3-2-9-7-4-6(8)10-5-11-7/h4-5H,2-3H2,1H3,(H,9,10,11). The summed E-state index contributed by atoms with van der Waals surface area (Å²) in [4.78, 5) is 7.76. The molecule has 5 nitrogen and oxygen atoms in total. The third-order valence-corrected chi connectivity index (χ3v) is 2.79. The van der Waals surface area contributed by atoms with E-state index in [1.807, 2.05) is 0 Å². The van der Waals surface area contributed by atoms with Crippen molar-refractivity contribution < 1.29 is 8.42 Å². The summed E-state index contributed by atoms with van der Waals surface area (Å²) >= 11 is 3.18. The van der Waals surface area contributed by atoms with Crippen LogP contribution in [0.1, 0.15) is 0 Å². The molecule has 1 aromatic heterocycles. The van der Waals surface area contributed by atoms with Gasteiger partial charge in [-0.1, -0.05) is 0 Å². The summed E-state index contributed by atoms with van der Waals surface area (Å²) in [7, 11) is -2.92. The van der Waals surface area contributed by atoms with Gasteiger partial charge in [0.1, 0.15) is 26.6 Å². The highest BCUT2D eigenvalue weighted by Gasteiger charge is 2.01. The second-order valence-corrected chi connectivity index (χ2v) is 5.85. The minimum absolute atomic E-state index is 0.0919. The number of rotatable bonds is 4. The molecule has 78 valence electrons. The number of nitrogens with zero attached hydrogens (tertiary/aromatic N) is 2. The van der Waals surface area contributed by atoms with E-state index in [-0.39, 0.29) is 5.75 Å². The van der Waals surface area contributed by atoms with Gasteiger partial charge in [0.15, 0.2) is 0 Å². The van der Waals surface area contributed by atoms with E-state index in [2.05, 4.69) is 31.2 Å². The largest absolute Gasteiger partial charge is 0.369 e. The van der Waals surface area contributed by atoms with Crippen molar-refractivity contribution in [1.29, 1.82) is 0 Å². The van der Waals surface area contributed by atoms with Crippen LogP contribution < -0.4 is 5.32 Å². The highest BCUT2D eigenvalue weighted by atomic mass is 79.9. The maximum absolute atomic E-state index is 10.8. The van der Waals surface area contributed by atoms with Crippen LogP contribution in [0.25, 0.3) is 0 Å². The number of sulfone groups is 1. The van der Waals surface area contributed by atoms with Crippen molar-refractivity contribution >= 4 is 31.6 Å². The Labute approximate surface area is 91.0 Å². The van der Waals surface area contributed by atoms with Crippen LogP contribution >= 0.6 is 15.9 Å². The van der Waals surface area contributed by atoms with Gasteiger partial charge in [0.25, 0.3) is 0 Å². The van der Waals surface area contributed by atoms with Crippen molar-refractivity contribution in [2.45, 2.75) is 0 Å². The quantitative estimate of drug-likeness (QED) is 0.822. The molecule has 0 saturated heterocycles. The van der Waals surface area contributed by atoms with Crippen LogP contribution in [0.3, 0.4) is 0 Å². The lowest BCUT2D eigenvalue weighted by atomic mass is 10.5. The Morgan fingerprint density at radius 1 is 1.50 bits per heavy atom. The fourth-order valence-electron chi connectivity index (χ4n) is 0.795. The molecule has 1 heterocycles. The zero-order chi connectivity index (χ0) is 10.6. The predicted octanol–water partition coefficient (Wildman–Crippen LogP) is 0.696. The summed E-state index contributed by atoms with van der Waals surface area (Å²) in [6.45, 7) is 0.349. The van der Waals surface area contributed by atoms with Crippen LogP contribution in [-0.2, 0) is 9.84 Å². The van der Waals surface area contributed by atoms with Crippen LogP contribution in [-0.4, -0.2) is 36.9 Å². The molecule has 0 aromatic carbocycles. The zero-order valence-corrected chi connectivity index (χ0v) is 9.97. The minimum atomic E-state index is -2.92. The van der Waals surface area contributed by atoms with Crippen LogP contribution in [0.2, 0.25) is 0 Å². The number of aromatic nitrogens is 2. The molecular formula is C7H10BrN3O2S. The molecule has 0 aliphatic rings. The average Bonchev–Trinajstić information content (AvgIpc) is 2.01. The van der Waals surface area contributed by atoms with E-state index in [0.29, 0.717) is 17.0 Å². The fraction of sp³-hybridized carbons (Fsp3) is 0.429. The van der Waals surface area contributed by atoms with Gasteiger partial charge in [-0.3, -0.25) is 0 Å². The molecule has 0 fully saturated rings. The van der Waals surface area contributed by atoms with E-state index in [1.54, 1.807) is 6.07 Å². The maximum atomic E-state index is 10.8. The Hall–Kier alpha value is -0.690. The van der Waals surface area contributed by atoms with Gasteiger partial charge in [-0.15, -0.1) is 0 Å². The molecule has 1 aromatic rings. The molecule has 1 rings (SSSR count). The molecule has 0 spiro atoms. The zero-order valence-electron chi connectivity index (χ0n) is 7.57. The van der Waals surface area contributed by atoms with Crippen LogP contribution in [0.5, 0.6) is 0 Å². The minimum Gasteiger partial charge on any atom is -0.369 e. The average molecular weight is 280 g/mol. The molecular weight excluding hydrogens is 270 g/mol. The highest BCUT2D eigenvalue weighted by molar-refractivity contribution is 9.10. The first-order chi connectivity index (χ1) is 6.47. The van der Waals surface area contributed by atoms with Crippen molar-refractivity contribution in [3.05, 3.63) is 17.0 Å². The van der Waals surface area contributed by atoms with Gasteiger partial charge in [0.2, 0.25) is 0 Å². The summed E-state index contributed by atoms with van der Waals surface area (Å²) in [5.74, 6) is 0.699. The smallest absolute Gasteiger partial charge is 0.149 e. The highest BCUT2D eigenvalue weighted by Crippen LogP contribution is 2.08. The number of nitrogens with one attached hydrogen (secondary N) is 1. The molecule has 0 radical (unpaired) electrons. The second kappa shape index (κ2) is 4.70. The van der Waals surface area contributed by atoms with Gasteiger partial charge < -0.3 is 5.32 Å². The first kappa shape index (κ1) is 11.4. The van der Waals surface area contributed by atoms with E-state index in [9.17, 15) is 8.42 Å². The number of anilines is 1. The number of halogens is 1. The van der Waals surface area contributed by atoms with Gasteiger partial charge in [-0.25, -0.2) is 18.4 Å². The topological polar surface area (TPSA) is 72.0 Å². The molecule has 14 heavy (non-hydrogen) atoms. The van der Waals surface area contributed by atoms with Gasteiger partial charge >= 0.3 is 0 Å². The fourth-order valence-corrected chi connectivity index (χ4v) is 1.58. The summed E-state index contributed by atoms with van der Waals surface area (Å²) < 4.78 is 22.3.